The lowest BCUT2D eigenvalue weighted by molar-refractivity contribution is 0.0697. The lowest BCUT2D eigenvalue weighted by atomic mass is 10.0. The standard InChI is InChI=1S/C24H25NO6S/c1-17(2)18-5-13-23(14-6-18)32(28,29)25-20-7-11-22(12-8-20)31-16-15-30-21-9-3-19(4-10-21)24(26)27/h3-14,17,25H,15-16H2,1-2H3,(H,26,27). The second kappa shape index (κ2) is 10.2. The van der Waals surface area contributed by atoms with Gasteiger partial charge in [0.25, 0.3) is 10.0 Å². The predicted octanol–water partition coefficient (Wildman–Crippen LogP) is 4.77. The fourth-order valence-electron chi connectivity index (χ4n) is 2.88. The Morgan fingerprint density at radius 3 is 1.81 bits per heavy atom. The highest BCUT2D eigenvalue weighted by Gasteiger charge is 2.14. The van der Waals surface area contributed by atoms with Crippen LogP contribution < -0.4 is 14.2 Å². The molecule has 8 heteroatoms. The number of carbonyl (C=O) groups is 1. The molecular weight excluding hydrogens is 430 g/mol. The summed E-state index contributed by atoms with van der Waals surface area (Å²) in [5.41, 5.74) is 1.70. The third-order valence-corrected chi connectivity index (χ3v) is 6.08. The van der Waals surface area contributed by atoms with Crippen molar-refractivity contribution in [2.75, 3.05) is 17.9 Å². The zero-order chi connectivity index (χ0) is 23.1. The maximum atomic E-state index is 12.6. The van der Waals surface area contributed by atoms with E-state index in [0.29, 0.717) is 23.1 Å². The molecule has 3 rings (SSSR count). The van der Waals surface area contributed by atoms with Crippen LogP contribution >= 0.6 is 0 Å². The van der Waals surface area contributed by atoms with Crippen LogP contribution in [0.25, 0.3) is 0 Å². The quantitative estimate of drug-likeness (QED) is 0.427. The SMILES string of the molecule is CC(C)c1ccc(S(=O)(=O)Nc2ccc(OCCOc3ccc(C(=O)O)cc3)cc2)cc1. The van der Waals surface area contributed by atoms with Crippen LogP contribution in [0.5, 0.6) is 11.5 Å². The summed E-state index contributed by atoms with van der Waals surface area (Å²) >= 11 is 0. The first-order valence-corrected chi connectivity index (χ1v) is 11.5. The number of hydrogen-bond donors (Lipinski definition) is 2. The van der Waals surface area contributed by atoms with E-state index in [1.807, 2.05) is 12.1 Å². The minimum absolute atomic E-state index is 0.192. The number of benzene rings is 3. The zero-order valence-electron chi connectivity index (χ0n) is 17.8. The van der Waals surface area contributed by atoms with Crippen LogP contribution in [-0.2, 0) is 10.0 Å². The number of ether oxygens (including phenoxy) is 2. The number of anilines is 1. The molecule has 168 valence electrons. The first-order chi connectivity index (χ1) is 15.2. The van der Waals surface area contributed by atoms with Crippen molar-refractivity contribution >= 4 is 21.7 Å². The number of carboxylic acid groups (broad SMARTS) is 1. The highest BCUT2D eigenvalue weighted by molar-refractivity contribution is 7.92. The normalized spacial score (nSPS) is 11.2. The molecular formula is C24H25NO6S. The summed E-state index contributed by atoms with van der Waals surface area (Å²) in [5, 5.41) is 8.89. The molecule has 0 unspecified atom stereocenters. The molecule has 0 heterocycles. The van der Waals surface area contributed by atoms with Crippen LogP contribution in [0, 0.1) is 0 Å². The molecule has 0 aliphatic carbocycles. The summed E-state index contributed by atoms with van der Waals surface area (Å²) in [6, 6.07) is 19.5. The number of aromatic carboxylic acids is 1. The van der Waals surface area contributed by atoms with Gasteiger partial charge in [-0.15, -0.1) is 0 Å². The van der Waals surface area contributed by atoms with Crippen LogP contribution in [0.2, 0.25) is 0 Å². The molecule has 0 amide bonds. The largest absolute Gasteiger partial charge is 0.490 e. The highest BCUT2D eigenvalue weighted by Crippen LogP contribution is 2.22. The van der Waals surface area contributed by atoms with Crippen molar-refractivity contribution < 1.29 is 27.8 Å². The molecule has 0 fully saturated rings. The molecule has 0 spiro atoms. The monoisotopic (exact) mass is 455 g/mol. The van der Waals surface area contributed by atoms with Crippen molar-refractivity contribution in [2.45, 2.75) is 24.7 Å². The van der Waals surface area contributed by atoms with E-state index < -0.39 is 16.0 Å². The van der Waals surface area contributed by atoms with Gasteiger partial charge < -0.3 is 14.6 Å². The first kappa shape index (κ1) is 23.1. The Bertz CT molecular complexity index is 1140. The van der Waals surface area contributed by atoms with Crippen molar-refractivity contribution in [3.63, 3.8) is 0 Å². The second-order valence-corrected chi connectivity index (χ2v) is 9.06. The number of nitrogens with one attached hydrogen (secondary N) is 1. The number of sulfonamides is 1. The van der Waals surface area contributed by atoms with Gasteiger partial charge in [0.2, 0.25) is 0 Å². The molecule has 7 nitrogen and oxygen atoms in total. The fourth-order valence-corrected chi connectivity index (χ4v) is 3.94. The Labute approximate surface area is 187 Å². The van der Waals surface area contributed by atoms with Gasteiger partial charge in [-0.25, -0.2) is 13.2 Å². The summed E-state index contributed by atoms with van der Waals surface area (Å²) in [6.07, 6.45) is 0. The van der Waals surface area contributed by atoms with Crippen molar-refractivity contribution in [3.8, 4) is 11.5 Å². The van der Waals surface area contributed by atoms with E-state index in [-0.39, 0.29) is 23.7 Å². The average Bonchev–Trinajstić information content (AvgIpc) is 2.78. The van der Waals surface area contributed by atoms with Gasteiger partial charge in [0.15, 0.2) is 0 Å². The molecule has 0 atom stereocenters. The van der Waals surface area contributed by atoms with Gasteiger partial charge >= 0.3 is 5.97 Å². The molecule has 3 aromatic rings. The Kier molecular flexibility index (Phi) is 7.37. The van der Waals surface area contributed by atoms with Gasteiger partial charge in [0.05, 0.1) is 10.5 Å². The van der Waals surface area contributed by atoms with E-state index in [0.717, 1.165) is 5.56 Å². The molecule has 0 aliphatic rings. The Morgan fingerprint density at radius 2 is 1.34 bits per heavy atom. The minimum Gasteiger partial charge on any atom is -0.490 e. The minimum atomic E-state index is -3.68. The van der Waals surface area contributed by atoms with Crippen LogP contribution in [-0.4, -0.2) is 32.7 Å². The zero-order valence-corrected chi connectivity index (χ0v) is 18.6. The molecule has 0 radical (unpaired) electrons. The molecule has 3 aromatic carbocycles. The molecule has 0 aromatic heterocycles. The number of hydrogen-bond acceptors (Lipinski definition) is 5. The molecule has 0 saturated carbocycles. The van der Waals surface area contributed by atoms with E-state index in [1.54, 1.807) is 48.5 Å². The van der Waals surface area contributed by atoms with Gasteiger partial charge in [-0.2, -0.15) is 0 Å². The van der Waals surface area contributed by atoms with Crippen molar-refractivity contribution in [1.29, 1.82) is 0 Å². The summed E-state index contributed by atoms with van der Waals surface area (Å²) in [4.78, 5) is 11.0. The van der Waals surface area contributed by atoms with E-state index in [1.165, 1.54) is 12.1 Å². The lowest BCUT2D eigenvalue weighted by Gasteiger charge is -2.11. The van der Waals surface area contributed by atoms with Gasteiger partial charge in [0, 0.05) is 5.69 Å². The first-order valence-electron chi connectivity index (χ1n) is 10.1. The molecule has 32 heavy (non-hydrogen) atoms. The average molecular weight is 456 g/mol. The summed E-state index contributed by atoms with van der Waals surface area (Å²) in [7, 11) is -3.68. The third kappa shape index (κ3) is 6.24. The van der Waals surface area contributed by atoms with Gasteiger partial charge in [-0.1, -0.05) is 26.0 Å². The van der Waals surface area contributed by atoms with Gasteiger partial charge in [-0.3, -0.25) is 4.72 Å². The Morgan fingerprint density at radius 1 is 0.844 bits per heavy atom. The molecule has 0 bridgehead atoms. The van der Waals surface area contributed by atoms with Crippen molar-refractivity contribution in [1.82, 2.24) is 0 Å². The predicted molar refractivity (Wildman–Crippen MR) is 122 cm³/mol. The summed E-state index contributed by atoms with van der Waals surface area (Å²) < 4.78 is 38.8. The third-order valence-electron chi connectivity index (χ3n) is 4.69. The molecule has 2 N–H and O–H groups in total. The van der Waals surface area contributed by atoms with Crippen LogP contribution in [0.1, 0.15) is 35.7 Å². The number of rotatable bonds is 10. The fraction of sp³-hybridized carbons (Fsp3) is 0.208. The number of carboxylic acids is 1. The maximum absolute atomic E-state index is 12.6. The summed E-state index contributed by atoms with van der Waals surface area (Å²) in [6.45, 7) is 4.65. The van der Waals surface area contributed by atoms with E-state index in [9.17, 15) is 13.2 Å². The second-order valence-electron chi connectivity index (χ2n) is 7.38. The van der Waals surface area contributed by atoms with E-state index >= 15 is 0 Å². The van der Waals surface area contributed by atoms with Gasteiger partial charge in [0.1, 0.15) is 24.7 Å². The van der Waals surface area contributed by atoms with Crippen LogP contribution in [0.3, 0.4) is 0 Å². The van der Waals surface area contributed by atoms with E-state index in [4.69, 9.17) is 14.6 Å². The maximum Gasteiger partial charge on any atom is 0.335 e. The highest BCUT2D eigenvalue weighted by atomic mass is 32.2. The Hall–Kier alpha value is -3.52. The van der Waals surface area contributed by atoms with Gasteiger partial charge in [-0.05, 0) is 72.1 Å². The topological polar surface area (TPSA) is 102 Å². The van der Waals surface area contributed by atoms with Crippen LogP contribution in [0.15, 0.2) is 77.7 Å². The molecule has 0 aliphatic heterocycles. The van der Waals surface area contributed by atoms with E-state index in [2.05, 4.69) is 18.6 Å². The van der Waals surface area contributed by atoms with Crippen LogP contribution in [0.4, 0.5) is 5.69 Å². The lowest BCUT2D eigenvalue weighted by Crippen LogP contribution is -2.13. The molecule has 0 saturated heterocycles. The van der Waals surface area contributed by atoms with Crippen molar-refractivity contribution in [3.05, 3.63) is 83.9 Å². The summed E-state index contributed by atoms with van der Waals surface area (Å²) in [5.74, 6) is 0.452. The van der Waals surface area contributed by atoms with Crippen molar-refractivity contribution in [2.24, 2.45) is 0 Å². The Balaban J connectivity index is 1.49. The smallest absolute Gasteiger partial charge is 0.335 e.